The first-order valence-electron chi connectivity index (χ1n) is 6.35. The summed E-state index contributed by atoms with van der Waals surface area (Å²) in [6.07, 6.45) is 1.07. The van der Waals surface area contributed by atoms with Gasteiger partial charge >= 0.3 is 0 Å². The van der Waals surface area contributed by atoms with Gasteiger partial charge < -0.3 is 10.6 Å². The van der Waals surface area contributed by atoms with Crippen LogP contribution in [0.3, 0.4) is 0 Å². The lowest BCUT2D eigenvalue weighted by Crippen LogP contribution is -2.20. The van der Waals surface area contributed by atoms with Crippen LogP contribution in [0.4, 0.5) is 0 Å². The number of likely N-dealkylation sites (N-methyl/N-ethyl adjacent to an activating group) is 1. The van der Waals surface area contributed by atoms with Crippen molar-refractivity contribution in [1.82, 2.24) is 4.90 Å². The van der Waals surface area contributed by atoms with Crippen molar-refractivity contribution in [1.29, 1.82) is 0 Å². The molecular weight excluding hydrogens is 308 g/mol. The summed E-state index contributed by atoms with van der Waals surface area (Å²) < 4.78 is 0. The van der Waals surface area contributed by atoms with Gasteiger partial charge in [-0.15, -0.1) is 11.3 Å². The standard InChI is InChI=1S/C15H17ClN2S2/c1-18(7-6-13-3-2-8-20-13)10-12-5-4-11(15(17)19)9-14(12)16/h2-5,8-9H,6-7,10H2,1H3,(H2,17,19). The molecule has 5 heteroatoms. The molecule has 1 aromatic heterocycles. The minimum absolute atomic E-state index is 0.379. The van der Waals surface area contributed by atoms with Gasteiger partial charge in [0.1, 0.15) is 4.99 Å². The van der Waals surface area contributed by atoms with E-state index < -0.39 is 0 Å². The Morgan fingerprint density at radius 3 is 2.80 bits per heavy atom. The first kappa shape index (κ1) is 15.4. The maximum absolute atomic E-state index is 6.28. The van der Waals surface area contributed by atoms with Crippen LogP contribution < -0.4 is 5.73 Å². The van der Waals surface area contributed by atoms with E-state index >= 15 is 0 Å². The Bertz CT molecular complexity index is 582. The smallest absolute Gasteiger partial charge is 0.104 e. The molecule has 0 amide bonds. The van der Waals surface area contributed by atoms with E-state index in [2.05, 4.69) is 29.5 Å². The van der Waals surface area contributed by atoms with Crippen LogP contribution in [-0.2, 0) is 13.0 Å². The number of halogens is 1. The van der Waals surface area contributed by atoms with Crippen LogP contribution in [0.25, 0.3) is 0 Å². The molecule has 0 aliphatic carbocycles. The van der Waals surface area contributed by atoms with Gasteiger partial charge in [-0.05, 0) is 36.5 Å². The molecule has 0 aliphatic heterocycles. The predicted molar refractivity (Wildman–Crippen MR) is 91.7 cm³/mol. The summed E-state index contributed by atoms with van der Waals surface area (Å²) in [6.45, 7) is 1.83. The molecule has 2 rings (SSSR count). The van der Waals surface area contributed by atoms with Crippen molar-refractivity contribution in [3.8, 4) is 0 Å². The SMILES string of the molecule is CN(CCc1cccs1)Cc1ccc(C(N)=S)cc1Cl. The van der Waals surface area contributed by atoms with Gasteiger partial charge in [0.05, 0.1) is 0 Å². The monoisotopic (exact) mass is 324 g/mol. The largest absolute Gasteiger partial charge is 0.389 e. The fraction of sp³-hybridized carbons (Fsp3) is 0.267. The van der Waals surface area contributed by atoms with Crippen molar-refractivity contribution in [3.05, 3.63) is 56.7 Å². The first-order valence-corrected chi connectivity index (χ1v) is 8.02. The number of thiophene rings is 1. The van der Waals surface area contributed by atoms with Crippen molar-refractivity contribution < 1.29 is 0 Å². The van der Waals surface area contributed by atoms with Crippen LogP contribution in [0, 0.1) is 0 Å². The van der Waals surface area contributed by atoms with Crippen LogP contribution >= 0.6 is 35.2 Å². The molecule has 0 aliphatic rings. The molecule has 20 heavy (non-hydrogen) atoms. The maximum atomic E-state index is 6.28. The average Bonchev–Trinajstić information content (AvgIpc) is 2.91. The van der Waals surface area contributed by atoms with E-state index in [0.29, 0.717) is 4.99 Å². The summed E-state index contributed by atoms with van der Waals surface area (Å²) in [7, 11) is 2.10. The zero-order valence-corrected chi connectivity index (χ0v) is 13.7. The molecule has 2 aromatic rings. The zero-order chi connectivity index (χ0) is 14.5. The number of nitrogens with zero attached hydrogens (tertiary/aromatic N) is 1. The third-order valence-electron chi connectivity index (χ3n) is 3.10. The maximum Gasteiger partial charge on any atom is 0.104 e. The van der Waals surface area contributed by atoms with Crippen molar-refractivity contribution in [2.75, 3.05) is 13.6 Å². The van der Waals surface area contributed by atoms with Gasteiger partial charge in [0, 0.05) is 28.6 Å². The van der Waals surface area contributed by atoms with E-state index in [1.54, 1.807) is 11.3 Å². The highest BCUT2D eigenvalue weighted by Gasteiger charge is 2.07. The number of nitrogens with two attached hydrogens (primary N) is 1. The molecule has 0 radical (unpaired) electrons. The van der Waals surface area contributed by atoms with Crippen LogP contribution in [0.15, 0.2) is 35.7 Å². The molecule has 2 N–H and O–H groups in total. The lowest BCUT2D eigenvalue weighted by Gasteiger charge is -2.17. The molecule has 0 saturated carbocycles. The summed E-state index contributed by atoms with van der Waals surface area (Å²) in [5.74, 6) is 0. The lowest BCUT2D eigenvalue weighted by atomic mass is 10.1. The number of hydrogen-bond acceptors (Lipinski definition) is 3. The average molecular weight is 325 g/mol. The van der Waals surface area contributed by atoms with E-state index in [9.17, 15) is 0 Å². The quantitative estimate of drug-likeness (QED) is 0.821. The topological polar surface area (TPSA) is 29.3 Å². The Labute approximate surface area is 134 Å². The summed E-state index contributed by atoms with van der Waals surface area (Å²) >= 11 is 13.0. The van der Waals surface area contributed by atoms with E-state index in [-0.39, 0.29) is 0 Å². The summed E-state index contributed by atoms with van der Waals surface area (Å²) in [4.78, 5) is 4.05. The molecule has 0 spiro atoms. The van der Waals surface area contributed by atoms with Gasteiger partial charge in [-0.2, -0.15) is 0 Å². The predicted octanol–water partition coefficient (Wildman–Crippen LogP) is 3.71. The van der Waals surface area contributed by atoms with E-state index in [1.165, 1.54) is 4.88 Å². The molecule has 106 valence electrons. The Kier molecular flexibility index (Phi) is 5.54. The van der Waals surface area contributed by atoms with Crippen molar-refractivity contribution in [2.24, 2.45) is 5.73 Å². The Hall–Kier alpha value is -0.940. The zero-order valence-electron chi connectivity index (χ0n) is 11.3. The van der Waals surface area contributed by atoms with Crippen LogP contribution in [0.2, 0.25) is 5.02 Å². The van der Waals surface area contributed by atoms with Crippen LogP contribution in [0.1, 0.15) is 16.0 Å². The fourth-order valence-electron chi connectivity index (χ4n) is 1.95. The normalized spacial score (nSPS) is 10.9. The number of benzene rings is 1. The Morgan fingerprint density at radius 2 is 2.20 bits per heavy atom. The van der Waals surface area contributed by atoms with Gasteiger partial charge in [-0.3, -0.25) is 0 Å². The molecule has 1 aromatic carbocycles. The van der Waals surface area contributed by atoms with Crippen LogP contribution in [-0.4, -0.2) is 23.5 Å². The van der Waals surface area contributed by atoms with E-state index in [4.69, 9.17) is 29.6 Å². The van der Waals surface area contributed by atoms with E-state index in [0.717, 1.165) is 35.7 Å². The van der Waals surface area contributed by atoms with Crippen LogP contribution in [0.5, 0.6) is 0 Å². The minimum Gasteiger partial charge on any atom is -0.389 e. The molecule has 0 atom stereocenters. The third-order valence-corrected chi connectivity index (χ3v) is 4.62. The number of thiocarbonyl (C=S) groups is 1. The Morgan fingerprint density at radius 1 is 1.40 bits per heavy atom. The second-order valence-electron chi connectivity index (χ2n) is 4.74. The second-order valence-corrected chi connectivity index (χ2v) is 6.62. The lowest BCUT2D eigenvalue weighted by molar-refractivity contribution is 0.332. The highest BCUT2D eigenvalue weighted by molar-refractivity contribution is 7.80. The second kappa shape index (κ2) is 7.18. The van der Waals surface area contributed by atoms with E-state index in [1.807, 2.05) is 18.2 Å². The van der Waals surface area contributed by atoms with Gasteiger partial charge in [-0.1, -0.05) is 42.0 Å². The molecule has 0 unspecified atom stereocenters. The van der Waals surface area contributed by atoms with Crippen molar-refractivity contribution in [2.45, 2.75) is 13.0 Å². The molecule has 1 heterocycles. The minimum atomic E-state index is 0.379. The third kappa shape index (κ3) is 4.28. The molecule has 0 fully saturated rings. The Balaban J connectivity index is 1.93. The summed E-state index contributed by atoms with van der Waals surface area (Å²) in [5, 5.41) is 2.83. The molecule has 0 saturated heterocycles. The summed E-state index contributed by atoms with van der Waals surface area (Å²) in [5.41, 5.74) is 7.51. The van der Waals surface area contributed by atoms with Gasteiger partial charge in [0.25, 0.3) is 0 Å². The van der Waals surface area contributed by atoms with Crippen molar-refractivity contribution in [3.63, 3.8) is 0 Å². The highest BCUT2D eigenvalue weighted by atomic mass is 35.5. The molecule has 2 nitrogen and oxygen atoms in total. The molecular formula is C15H17ClN2S2. The highest BCUT2D eigenvalue weighted by Crippen LogP contribution is 2.20. The van der Waals surface area contributed by atoms with Gasteiger partial charge in [-0.25, -0.2) is 0 Å². The van der Waals surface area contributed by atoms with Gasteiger partial charge in [0.2, 0.25) is 0 Å². The fourth-order valence-corrected chi connectivity index (χ4v) is 3.02. The summed E-state index contributed by atoms with van der Waals surface area (Å²) in [6, 6.07) is 10.0. The number of rotatable bonds is 6. The van der Waals surface area contributed by atoms with Gasteiger partial charge in [0.15, 0.2) is 0 Å². The number of hydrogen-bond donors (Lipinski definition) is 1. The van der Waals surface area contributed by atoms with Crippen molar-refractivity contribution >= 4 is 40.1 Å². The first-order chi connectivity index (χ1) is 9.56. The molecule has 0 bridgehead atoms.